The van der Waals surface area contributed by atoms with Crippen LogP contribution in [0.2, 0.25) is 0 Å². The number of Topliss-reactive ketones (excluding diaryl/α,β-unsaturated/α-hetero) is 1. The molecule has 104 valence electrons. The van der Waals surface area contributed by atoms with Gasteiger partial charge in [-0.2, -0.15) is 0 Å². The second kappa shape index (κ2) is 5.69. The van der Waals surface area contributed by atoms with Crippen molar-refractivity contribution in [1.82, 2.24) is 4.98 Å². The number of aromatic nitrogens is 1. The van der Waals surface area contributed by atoms with E-state index in [1.165, 1.54) is 13.1 Å². The van der Waals surface area contributed by atoms with Crippen molar-refractivity contribution in [2.45, 2.75) is 26.4 Å². The van der Waals surface area contributed by atoms with Gasteiger partial charge < -0.3 is 9.72 Å². The predicted octanol–water partition coefficient (Wildman–Crippen LogP) is 1.83. The van der Waals surface area contributed by atoms with Crippen LogP contribution in [0.15, 0.2) is 29.2 Å². The smallest absolute Gasteiger partial charge is 0.293 e. The van der Waals surface area contributed by atoms with Crippen molar-refractivity contribution in [2.24, 2.45) is 0 Å². The second-order valence-corrected chi connectivity index (χ2v) is 4.50. The fourth-order valence-electron chi connectivity index (χ4n) is 2.03. The largest absolute Gasteiger partial charge is 0.456 e. The van der Waals surface area contributed by atoms with Crippen LogP contribution in [-0.4, -0.2) is 23.3 Å². The highest BCUT2D eigenvalue weighted by Crippen LogP contribution is 2.12. The highest BCUT2D eigenvalue weighted by atomic mass is 16.5. The van der Waals surface area contributed by atoms with Crippen molar-refractivity contribution in [3.63, 3.8) is 0 Å². The maximum atomic E-state index is 12.4. The Morgan fingerprint density at radius 1 is 1.45 bits per heavy atom. The lowest BCUT2D eigenvalue weighted by Gasteiger charge is -2.09. The summed E-state index contributed by atoms with van der Waals surface area (Å²) in [5.74, 6) is -0.512. The molecule has 2 aromatic rings. The fraction of sp³-hybridized carbons (Fsp3) is 0.267. The van der Waals surface area contributed by atoms with Gasteiger partial charge in [0.2, 0.25) is 5.78 Å². The molecule has 0 aliphatic carbocycles. The van der Waals surface area contributed by atoms with E-state index >= 15 is 0 Å². The van der Waals surface area contributed by atoms with Gasteiger partial charge in [-0.3, -0.25) is 14.4 Å². The number of hydrogen-bond acceptors (Lipinski definition) is 4. The molecule has 1 N–H and O–H groups in total. The van der Waals surface area contributed by atoms with Gasteiger partial charge in [-0.05, 0) is 31.0 Å². The van der Waals surface area contributed by atoms with Gasteiger partial charge in [0.05, 0.1) is 5.56 Å². The molecule has 1 aromatic carbocycles. The Morgan fingerprint density at radius 2 is 2.20 bits per heavy atom. The van der Waals surface area contributed by atoms with Gasteiger partial charge in [0.15, 0.2) is 11.5 Å². The normalized spacial score (nSPS) is 12.1. The van der Waals surface area contributed by atoms with E-state index in [9.17, 15) is 14.4 Å². The van der Waals surface area contributed by atoms with E-state index in [2.05, 4.69) is 9.72 Å². The van der Waals surface area contributed by atoms with Gasteiger partial charge in [0, 0.05) is 17.1 Å². The van der Waals surface area contributed by atoms with E-state index in [0.717, 1.165) is 12.0 Å². The molecule has 1 heterocycles. The number of ether oxygens (including phenoxy) is 1. The van der Waals surface area contributed by atoms with Gasteiger partial charge in [-0.1, -0.05) is 13.0 Å². The number of ketones is 1. The van der Waals surface area contributed by atoms with Crippen LogP contribution in [0.5, 0.6) is 0 Å². The number of hydrogen-bond donors (Lipinski definition) is 1. The van der Waals surface area contributed by atoms with Crippen molar-refractivity contribution in [2.75, 3.05) is 0 Å². The van der Waals surface area contributed by atoms with Crippen LogP contribution < -0.4 is 5.43 Å². The third kappa shape index (κ3) is 2.47. The van der Waals surface area contributed by atoms with Crippen molar-refractivity contribution in [3.05, 3.63) is 45.7 Å². The van der Waals surface area contributed by atoms with Crippen molar-refractivity contribution in [3.8, 4) is 0 Å². The summed E-state index contributed by atoms with van der Waals surface area (Å²) >= 11 is 0. The third-order valence-corrected chi connectivity index (χ3v) is 3.25. The summed E-state index contributed by atoms with van der Waals surface area (Å²) in [6, 6.07) is 5.52. The highest BCUT2D eigenvalue weighted by molar-refractivity contribution is 6.01. The van der Waals surface area contributed by atoms with Gasteiger partial charge in [-0.15, -0.1) is 0 Å². The molecule has 0 aliphatic rings. The van der Waals surface area contributed by atoms with Crippen LogP contribution >= 0.6 is 0 Å². The van der Waals surface area contributed by atoms with E-state index in [1.54, 1.807) is 6.07 Å². The maximum Gasteiger partial charge on any atom is 0.293 e. The monoisotopic (exact) mass is 273 g/mol. The molecule has 0 spiro atoms. The van der Waals surface area contributed by atoms with Crippen molar-refractivity contribution in [1.29, 1.82) is 0 Å². The average Bonchev–Trinajstić information content (AvgIpc) is 2.47. The molecule has 0 fully saturated rings. The summed E-state index contributed by atoms with van der Waals surface area (Å²) < 4.78 is 4.59. The molecule has 0 aliphatic heterocycles. The molecule has 0 bridgehead atoms. The number of rotatable bonds is 5. The van der Waals surface area contributed by atoms with E-state index < -0.39 is 11.9 Å². The number of fused-ring (bicyclic) bond motifs is 1. The molecule has 0 radical (unpaired) electrons. The summed E-state index contributed by atoms with van der Waals surface area (Å²) in [4.78, 5) is 37.6. The number of H-pyrrole nitrogens is 1. The molecule has 0 saturated heterocycles. The van der Waals surface area contributed by atoms with Crippen LogP contribution in [0.4, 0.5) is 0 Å². The zero-order valence-corrected chi connectivity index (χ0v) is 11.3. The summed E-state index contributed by atoms with van der Waals surface area (Å²) in [5.41, 5.74) is 1.35. The minimum atomic E-state index is -0.972. The first-order valence-corrected chi connectivity index (χ1v) is 6.36. The Bertz CT molecular complexity index is 717. The quantitative estimate of drug-likeness (QED) is 0.666. The molecule has 0 saturated carbocycles. The van der Waals surface area contributed by atoms with E-state index in [4.69, 9.17) is 0 Å². The molecule has 0 amide bonds. The first kappa shape index (κ1) is 14.0. The van der Waals surface area contributed by atoms with E-state index in [1.807, 2.05) is 19.1 Å². The first-order valence-electron chi connectivity index (χ1n) is 6.36. The lowest BCUT2D eigenvalue weighted by Crippen LogP contribution is -2.26. The Kier molecular flexibility index (Phi) is 3.98. The van der Waals surface area contributed by atoms with Gasteiger partial charge >= 0.3 is 0 Å². The number of pyridine rings is 1. The SMILES string of the molecule is CCc1ccc2[nH]cc(C(=O)C(C)OC=O)c(=O)c2c1. The summed E-state index contributed by atoms with van der Waals surface area (Å²) in [7, 11) is 0. The van der Waals surface area contributed by atoms with Crippen LogP contribution in [0.1, 0.15) is 29.8 Å². The number of carbonyl (C=O) groups is 2. The molecule has 1 aromatic heterocycles. The lowest BCUT2D eigenvalue weighted by molar-refractivity contribution is -0.131. The maximum absolute atomic E-state index is 12.4. The molecule has 1 unspecified atom stereocenters. The van der Waals surface area contributed by atoms with E-state index in [-0.39, 0.29) is 17.5 Å². The average molecular weight is 273 g/mol. The van der Waals surface area contributed by atoms with Crippen molar-refractivity contribution < 1.29 is 14.3 Å². The first-order chi connectivity index (χ1) is 9.58. The van der Waals surface area contributed by atoms with Gasteiger partial charge in [0.1, 0.15) is 0 Å². The Balaban J connectivity index is 2.56. The minimum absolute atomic E-state index is 0.0000954. The zero-order valence-electron chi connectivity index (χ0n) is 11.3. The van der Waals surface area contributed by atoms with Crippen LogP contribution in [0.25, 0.3) is 10.9 Å². The molecule has 20 heavy (non-hydrogen) atoms. The molecule has 5 heteroatoms. The number of aryl methyl sites for hydroxylation is 1. The summed E-state index contributed by atoms with van der Waals surface area (Å²) in [6.45, 7) is 3.63. The van der Waals surface area contributed by atoms with Gasteiger partial charge in [-0.25, -0.2) is 0 Å². The van der Waals surface area contributed by atoms with Gasteiger partial charge in [0.25, 0.3) is 6.47 Å². The standard InChI is InChI=1S/C15H15NO4/c1-3-10-4-5-13-11(6-10)15(19)12(7-16-13)14(18)9(2)20-8-17/h4-9H,3H2,1-2H3,(H,16,19). The predicted molar refractivity (Wildman–Crippen MR) is 74.9 cm³/mol. The Morgan fingerprint density at radius 3 is 2.85 bits per heavy atom. The van der Waals surface area contributed by atoms with Crippen molar-refractivity contribution >= 4 is 23.2 Å². The fourth-order valence-corrected chi connectivity index (χ4v) is 2.03. The lowest BCUT2D eigenvalue weighted by atomic mass is 10.0. The molecular formula is C15H15NO4. The minimum Gasteiger partial charge on any atom is -0.456 e. The van der Waals surface area contributed by atoms with Crippen LogP contribution in [0, 0.1) is 0 Å². The Labute approximate surface area is 115 Å². The van der Waals surface area contributed by atoms with E-state index in [0.29, 0.717) is 10.9 Å². The van der Waals surface area contributed by atoms with Crippen LogP contribution in [0.3, 0.4) is 0 Å². The molecule has 1 atom stereocenters. The molecule has 5 nitrogen and oxygen atoms in total. The number of aromatic amines is 1. The zero-order chi connectivity index (χ0) is 14.7. The third-order valence-electron chi connectivity index (χ3n) is 3.25. The number of benzene rings is 1. The molecule has 2 rings (SSSR count). The summed E-state index contributed by atoms with van der Waals surface area (Å²) in [6.07, 6.45) is 1.20. The Hall–Kier alpha value is -2.43. The highest BCUT2D eigenvalue weighted by Gasteiger charge is 2.20. The summed E-state index contributed by atoms with van der Waals surface area (Å²) in [5, 5.41) is 0.466. The second-order valence-electron chi connectivity index (χ2n) is 4.50. The topological polar surface area (TPSA) is 76.2 Å². The number of nitrogens with one attached hydrogen (secondary N) is 1. The number of carbonyl (C=O) groups excluding carboxylic acids is 2. The van der Waals surface area contributed by atoms with Crippen LogP contribution in [-0.2, 0) is 16.0 Å². The molecular weight excluding hydrogens is 258 g/mol.